The second-order valence-corrected chi connectivity index (χ2v) is 6.13. The Labute approximate surface area is 154 Å². The highest BCUT2D eigenvalue weighted by Gasteiger charge is 2.10. The molecule has 2 heterocycles. The smallest absolute Gasteiger partial charge is 0.246 e. The molecule has 0 unspecified atom stereocenters. The fraction of sp³-hybridized carbons (Fsp3) is 0.188. The Kier molecular flexibility index (Phi) is 5.25. The lowest BCUT2D eigenvalue weighted by molar-refractivity contribution is -0.116. The van der Waals surface area contributed by atoms with Crippen LogP contribution in [-0.4, -0.2) is 25.5 Å². The van der Waals surface area contributed by atoms with Crippen LogP contribution in [0.15, 0.2) is 42.9 Å². The van der Waals surface area contributed by atoms with Gasteiger partial charge in [-0.15, -0.1) is 0 Å². The number of rotatable bonds is 6. The van der Waals surface area contributed by atoms with Crippen molar-refractivity contribution in [2.45, 2.75) is 20.2 Å². The van der Waals surface area contributed by atoms with Gasteiger partial charge in [0.2, 0.25) is 5.91 Å². The summed E-state index contributed by atoms with van der Waals surface area (Å²) in [6, 6.07) is 7.08. The summed E-state index contributed by atoms with van der Waals surface area (Å²) in [4.78, 5) is 12.1. The first kappa shape index (κ1) is 17.3. The Morgan fingerprint density at radius 3 is 2.84 bits per heavy atom. The SMILES string of the molecule is Cc1c(Cl)cnn1CC(=O)Nc1cnn(COc2cccc(Cl)c2)c1. The van der Waals surface area contributed by atoms with Crippen molar-refractivity contribution in [2.75, 3.05) is 5.32 Å². The molecule has 2 aromatic heterocycles. The lowest BCUT2D eigenvalue weighted by Crippen LogP contribution is -2.20. The van der Waals surface area contributed by atoms with Crippen LogP contribution < -0.4 is 10.1 Å². The summed E-state index contributed by atoms with van der Waals surface area (Å²) in [5.74, 6) is 0.415. The highest BCUT2D eigenvalue weighted by molar-refractivity contribution is 6.31. The van der Waals surface area contributed by atoms with Gasteiger partial charge >= 0.3 is 0 Å². The van der Waals surface area contributed by atoms with Crippen molar-refractivity contribution in [2.24, 2.45) is 0 Å². The van der Waals surface area contributed by atoms with Gasteiger partial charge < -0.3 is 10.1 Å². The van der Waals surface area contributed by atoms with Gasteiger partial charge in [-0.25, -0.2) is 4.68 Å². The maximum Gasteiger partial charge on any atom is 0.246 e. The summed E-state index contributed by atoms with van der Waals surface area (Å²) >= 11 is 11.8. The second kappa shape index (κ2) is 7.58. The predicted octanol–water partition coefficient (Wildman–Crippen LogP) is 3.37. The number of nitrogens with zero attached hydrogens (tertiary/aromatic N) is 4. The topological polar surface area (TPSA) is 74.0 Å². The lowest BCUT2D eigenvalue weighted by atomic mass is 10.3. The van der Waals surface area contributed by atoms with E-state index < -0.39 is 0 Å². The third-order valence-corrected chi connectivity index (χ3v) is 4.02. The summed E-state index contributed by atoms with van der Waals surface area (Å²) in [6.07, 6.45) is 4.73. The lowest BCUT2D eigenvalue weighted by Gasteiger charge is -2.06. The molecule has 0 atom stereocenters. The van der Waals surface area contributed by atoms with E-state index in [0.717, 1.165) is 5.69 Å². The molecule has 7 nitrogen and oxygen atoms in total. The molecule has 0 saturated carbocycles. The molecule has 1 amide bonds. The normalized spacial score (nSPS) is 10.7. The van der Waals surface area contributed by atoms with Crippen molar-refractivity contribution in [3.05, 3.63) is 58.6 Å². The molecule has 25 heavy (non-hydrogen) atoms. The predicted molar refractivity (Wildman–Crippen MR) is 94.9 cm³/mol. The highest BCUT2D eigenvalue weighted by atomic mass is 35.5. The number of carbonyl (C=O) groups is 1. The van der Waals surface area contributed by atoms with E-state index >= 15 is 0 Å². The summed E-state index contributed by atoms with van der Waals surface area (Å²) in [5, 5.41) is 12.1. The maximum absolute atomic E-state index is 12.1. The Bertz CT molecular complexity index is 890. The minimum atomic E-state index is -0.224. The second-order valence-electron chi connectivity index (χ2n) is 5.28. The van der Waals surface area contributed by atoms with Gasteiger partial charge in [0.25, 0.3) is 0 Å². The van der Waals surface area contributed by atoms with Crippen LogP contribution in [0.4, 0.5) is 5.69 Å². The van der Waals surface area contributed by atoms with Crippen LogP contribution in [0, 0.1) is 6.92 Å². The van der Waals surface area contributed by atoms with Crippen LogP contribution in [-0.2, 0) is 18.1 Å². The molecule has 0 bridgehead atoms. The Morgan fingerprint density at radius 2 is 2.12 bits per heavy atom. The van der Waals surface area contributed by atoms with Crippen molar-refractivity contribution >= 4 is 34.8 Å². The molecule has 0 spiro atoms. The van der Waals surface area contributed by atoms with Gasteiger partial charge in [0.05, 0.1) is 35.0 Å². The molecule has 9 heteroatoms. The van der Waals surface area contributed by atoms with Crippen LogP contribution in [0.5, 0.6) is 5.75 Å². The van der Waals surface area contributed by atoms with Crippen molar-refractivity contribution in [3.8, 4) is 5.75 Å². The molecular formula is C16H15Cl2N5O2. The van der Waals surface area contributed by atoms with E-state index in [9.17, 15) is 4.79 Å². The first-order chi connectivity index (χ1) is 12.0. The molecular weight excluding hydrogens is 365 g/mol. The summed E-state index contributed by atoms with van der Waals surface area (Å²) in [7, 11) is 0. The number of carbonyl (C=O) groups excluding carboxylic acids is 1. The number of nitrogens with one attached hydrogen (secondary N) is 1. The average molecular weight is 380 g/mol. The van der Waals surface area contributed by atoms with Crippen molar-refractivity contribution in [1.82, 2.24) is 19.6 Å². The van der Waals surface area contributed by atoms with Gasteiger partial charge in [-0.05, 0) is 25.1 Å². The van der Waals surface area contributed by atoms with E-state index in [-0.39, 0.29) is 19.2 Å². The van der Waals surface area contributed by atoms with Crippen LogP contribution in [0.2, 0.25) is 10.0 Å². The number of benzene rings is 1. The number of aromatic nitrogens is 4. The number of anilines is 1. The van der Waals surface area contributed by atoms with Crippen molar-refractivity contribution in [3.63, 3.8) is 0 Å². The molecule has 0 saturated heterocycles. The van der Waals surface area contributed by atoms with Gasteiger partial charge in [-0.1, -0.05) is 29.3 Å². The standard InChI is InChI=1S/C16H15Cl2N5O2/c1-11-15(18)7-20-23(11)9-16(24)21-13-6-19-22(8-13)10-25-14-4-2-3-12(17)5-14/h2-8H,9-10H2,1H3,(H,21,24). The minimum Gasteiger partial charge on any atom is -0.471 e. The van der Waals surface area contributed by atoms with E-state index in [4.69, 9.17) is 27.9 Å². The number of halogens is 2. The number of ether oxygens (including phenoxy) is 1. The van der Waals surface area contributed by atoms with Gasteiger partial charge in [0.1, 0.15) is 12.3 Å². The zero-order valence-electron chi connectivity index (χ0n) is 13.3. The zero-order valence-corrected chi connectivity index (χ0v) is 14.8. The fourth-order valence-corrected chi connectivity index (χ4v) is 2.44. The molecule has 0 fully saturated rings. The third-order valence-electron chi connectivity index (χ3n) is 3.41. The highest BCUT2D eigenvalue weighted by Crippen LogP contribution is 2.18. The molecule has 0 aliphatic heterocycles. The Morgan fingerprint density at radius 1 is 1.28 bits per heavy atom. The maximum atomic E-state index is 12.1. The molecule has 130 valence electrons. The molecule has 0 aliphatic rings. The van der Waals surface area contributed by atoms with Crippen LogP contribution in [0.1, 0.15) is 5.69 Å². The first-order valence-corrected chi connectivity index (χ1v) is 8.15. The molecule has 0 radical (unpaired) electrons. The van der Waals surface area contributed by atoms with Gasteiger partial charge in [-0.3, -0.25) is 9.48 Å². The molecule has 1 N–H and O–H groups in total. The summed E-state index contributed by atoms with van der Waals surface area (Å²) < 4.78 is 8.67. The van der Waals surface area contributed by atoms with E-state index in [0.29, 0.717) is 21.5 Å². The van der Waals surface area contributed by atoms with Crippen LogP contribution in [0.3, 0.4) is 0 Å². The van der Waals surface area contributed by atoms with Crippen LogP contribution >= 0.6 is 23.2 Å². The van der Waals surface area contributed by atoms with Gasteiger partial charge in [0, 0.05) is 5.02 Å². The molecule has 1 aromatic carbocycles. The van der Waals surface area contributed by atoms with Gasteiger partial charge in [-0.2, -0.15) is 10.2 Å². The molecule has 3 rings (SSSR count). The fourth-order valence-electron chi connectivity index (χ4n) is 2.12. The monoisotopic (exact) mass is 379 g/mol. The number of amides is 1. The number of hydrogen-bond acceptors (Lipinski definition) is 4. The number of hydrogen-bond donors (Lipinski definition) is 1. The largest absolute Gasteiger partial charge is 0.471 e. The first-order valence-electron chi connectivity index (χ1n) is 7.40. The quantitative estimate of drug-likeness (QED) is 0.712. The van der Waals surface area contributed by atoms with Gasteiger partial charge in [0.15, 0.2) is 6.73 Å². The van der Waals surface area contributed by atoms with E-state index in [1.165, 1.54) is 10.9 Å². The van der Waals surface area contributed by atoms with E-state index in [1.807, 2.05) is 0 Å². The summed E-state index contributed by atoms with van der Waals surface area (Å²) in [6.45, 7) is 2.07. The molecule has 3 aromatic rings. The van der Waals surface area contributed by atoms with E-state index in [2.05, 4.69) is 15.5 Å². The van der Waals surface area contributed by atoms with Crippen molar-refractivity contribution < 1.29 is 9.53 Å². The zero-order chi connectivity index (χ0) is 17.8. The Hall–Kier alpha value is -2.51. The van der Waals surface area contributed by atoms with Crippen LogP contribution in [0.25, 0.3) is 0 Å². The molecule has 0 aliphatic carbocycles. The average Bonchev–Trinajstić information content (AvgIpc) is 3.15. The Balaban J connectivity index is 1.54. The third kappa shape index (κ3) is 4.52. The summed E-state index contributed by atoms with van der Waals surface area (Å²) in [5.41, 5.74) is 1.30. The van der Waals surface area contributed by atoms with E-state index in [1.54, 1.807) is 48.3 Å². The minimum absolute atomic E-state index is 0.0722. The van der Waals surface area contributed by atoms with Crippen molar-refractivity contribution in [1.29, 1.82) is 0 Å².